The molecule has 0 atom stereocenters. The fraction of sp³-hybridized carbons (Fsp3) is 0.200. The van der Waals surface area contributed by atoms with Gasteiger partial charge in [-0.3, -0.25) is 4.79 Å². The third kappa shape index (κ3) is 3.20. The second-order valence-corrected chi connectivity index (χ2v) is 5.72. The smallest absolute Gasteiger partial charge is 0.235 e. The van der Waals surface area contributed by atoms with Crippen molar-refractivity contribution in [3.63, 3.8) is 0 Å². The van der Waals surface area contributed by atoms with Crippen molar-refractivity contribution in [2.24, 2.45) is 0 Å². The molecule has 0 bridgehead atoms. The maximum absolute atomic E-state index is 12.4. The highest BCUT2D eigenvalue weighted by Gasteiger charge is 2.29. The molecule has 0 saturated heterocycles. The molecule has 1 amide bonds. The van der Waals surface area contributed by atoms with Crippen molar-refractivity contribution in [3.05, 3.63) is 58.7 Å². The average Bonchev–Trinajstić information content (AvgIpc) is 2.42. The van der Waals surface area contributed by atoms with E-state index in [1.54, 1.807) is 12.3 Å². The molecule has 1 aromatic carbocycles. The van der Waals surface area contributed by atoms with E-state index in [9.17, 15) is 4.79 Å². The van der Waals surface area contributed by atoms with Crippen molar-refractivity contribution in [1.29, 1.82) is 0 Å². The molecule has 19 heavy (non-hydrogen) atoms. The van der Waals surface area contributed by atoms with Crippen LogP contribution in [0.25, 0.3) is 0 Å². The van der Waals surface area contributed by atoms with Gasteiger partial charge < -0.3 is 5.32 Å². The number of nitrogens with one attached hydrogen (secondary N) is 1. The number of benzene rings is 1. The Morgan fingerprint density at radius 2 is 1.84 bits per heavy atom. The Labute approximate surface area is 121 Å². The molecule has 0 unspecified atom stereocenters. The Morgan fingerprint density at radius 3 is 2.42 bits per heavy atom. The quantitative estimate of drug-likeness (QED) is 0.936. The van der Waals surface area contributed by atoms with E-state index in [2.05, 4.69) is 26.2 Å². The number of hydrogen-bond acceptors (Lipinski definition) is 2. The van der Waals surface area contributed by atoms with Crippen LogP contribution in [0.15, 0.2) is 53.1 Å². The third-order valence-corrected chi connectivity index (χ3v) is 3.50. The molecule has 1 aromatic heterocycles. The van der Waals surface area contributed by atoms with Gasteiger partial charge in [0.2, 0.25) is 5.91 Å². The summed E-state index contributed by atoms with van der Waals surface area (Å²) in [6, 6.07) is 13.3. The lowest BCUT2D eigenvalue weighted by Crippen LogP contribution is -2.34. The molecule has 0 aliphatic heterocycles. The predicted molar refractivity (Wildman–Crippen MR) is 80.0 cm³/mol. The number of nitrogens with zero attached hydrogens (tertiary/aromatic N) is 1. The summed E-state index contributed by atoms with van der Waals surface area (Å²) in [6.45, 7) is 3.80. The standard InChI is InChI=1S/C15H15BrN2O/c1-15(2,11-6-4-3-5-7-11)14(19)18-13-9-8-12(16)10-17-13/h3-10H,1-2H3,(H,17,18,19). The number of pyridine rings is 1. The van der Waals surface area contributed by atoms with Crippen molar-refractivity contribution in [2.75, 3.05) is 5.32 Å². The Bertz CT molecular complexity index is 564. The zero-order valence-corrected chi connectivity index (χ0v) is 12.4. The lowest BCUT2D eigenvalue weighted by molar-refractivity contribution is -0.120. The highest BCUT2D eigenvalue weighted by molar-refractivity contribution is 9.10. The minimum Gasteiger partial charge on any atom is -0.310 e. The molecule has 1 heterocycles. The zero-order valence-electron chi connectivity index (χ0n) is 10.9. The van der Waals surface area contributed by atoms with E-state index in [-0.39, 0.29) is 5.91 Å². The Kier molecular flexibility index (Phi) is 4.00. The van der Waals surface area contributed by atoms with Gasteiger partial charge in [-0.05, 0) is 47.5 Å². The molecule has 2 rings (SSSR count). The number of aromatic nitrogens is 1. The Hall–Kier alpha value is -1.68. The van der Waals surface area contributed by atoms with E-state index >= 15 is 0 Å². The first-order chi connectivity index (χ1) is 9.00. The molecule has 4 heteroatoms. The van der Waals surface area contributed by atoms with Crippen LogP contribution in [0.1, 0.15) is 19.4 Å². The molecule has 0 aliphatic carbocycles. The van der Waals surface area contributed by atoms with E-state index < -0.39 is 5.41 Å². The largest absolute Gasteiger partial charge is 0.310 e. The van der Waals surface area contributed by atoms with Crippen molar-refractivity contribution >= 4 is 27.7 Å². The predicted octanol–water partition coefficient (Wildman–Crippen LogP) is 3.76. The van der Waals surface area contributed by atoms with Gasteiger partial charge in [-0.15, -0.1) is 0 Å². The van der Waals surface area contributed by atoms with Gasteiger partial charge >= 0.3 is 0 Å². The maximum Gasteiger partial charge on any atom is 0.235 e. The van der Waals surface area contributed by atoms with Gasteiger partial charge in [0, 0.05) is 10.7 Å². The number of hydrogen-bond donors (Lipinski definition) is 1. The highest BCUT2D eigenvalue weighted by atomic mass is 79.9. The van der Waals surface area contributed by atoms with E-state index in [0.717, 1.165) is 10.0 Å². The second-order valence-electron chi connectivity index (χ2n) is 4.81. The molecule has 0 aliphatic rings. The molecule has 3 nitrogen and oxygen atoms in total. The van der Waals surface area contributed by atoms with Crippen molar-refractivity contribution in [2.45, 2.75) is 19.3 Å². The molecule has 0 fully saturated rings. The SMILES string of the molecule is CC(C)(C(=O)Nc1ccc(Br)cn1)c1ccccc1. The van der Waals surface area contributed by atoms with Crippen molar-refractivity contribution in [1.82, 2.24) is 4.98 Å². The summed E-state index contributed by atoms with van der Waals surface area (Å²) in [6.07, 6.45) is 1.66. The van der Waals surface area contributed by atoms with Gasteiger partial charge in [0.25, 0.3) is 0 Å². The number of amides is 1. The molecule has 0 spiro atoms. The van der Waals surface area contributed by atoms with Crippen LogP contribution < -0.4 is 5.32 Å². The third-order valence-electron chi connectivity index (χ3n) is 3.03. The second kappa shape index (κ2) is 5.53. The van der Waals surface area contributed by atoms with Crippen LogP contribution >= 0.6 is 15.9 Å². The minimum atomic E-state index is -0.601. The Morgan fingerprint density at radius 1 is 1.16 bits per heavy atom. The number of carbonyl (C=O) groups is 1. The molecule has 1 N–H and O–H groups in total. The van der Waals surface area contributed by atoms with Gasteiger partial charge in [-0.25, -0.2) is 4.98 Å². The first kappa shape index (κ1) is 13.7. The Balaban J connectivity index is 2.17. The first-order valence-electron chi connectivity index (χ1n) is 5.98. The van der Waals surface area contributed by atoms with Crippen LogP contribution in [0.5, 0.6) is 0 Å². The van der Waals surface area contributed by atoms with E-state index in [1.807, 2.05) is 50.2 Å². The van der Waals surface area contributed by atoms with E-state index in [4.69, 9.17) is 0 Å². The van der Waals surface area contributed by atoms with Crippen LogP contribution in [-0.4, -0.2) is 10.9 Å². The number of halogens is 1. The van der Waals surface area contributed by atoms with Crippen molar-refractivity contribution in [3.8, 4) is 0 Å². The monoisotopic (exact) mass is 318 g/mol. The van der Waals surface area contributed by atoms with E-state index in [1.165, 1.54) is 0 Å². The molecule has 2 aromatic rings. The van der Waals surface area contributed by atoms with Gasteiger partial charge in [0.05, 0.1) is 5.41 Å². The molecule has 0 radical (unpaired) electrons. The van der Waals surface area contributed by atoms with Crippen molar-refractivity contribution < 1.29 is 4.79 Å². The van der Waals surface area contributed by atoms with Gasteiger partial charge in [-0.2, -0.15) is 0 Å². The topological polar surface area (TPSA) is 42.0 Å². The molecule has 98 valence electrons. The average molecular weight is 319 g/mol. The highest BCUT2D eigenvalue weighted by Crippen LogP contribution is 2.24. The van der Waals surface area contributed by atoms with E-state index in [0.29, 0.717) is 5.82 Å². The zero-order chi connectivity index (χ0) is 13.9. The number of carbonyl (C=O) groups excluding carboxylic acids is 1. The van der Waals surface area contributed by atoms with Gasteiger partial charge in [0.15, 0.2) is 0 Å². The van der Waals surface area contributed by atoms with Gasteiger partial charge in [-0.1, -0.05) is 30.3 Å². The number of rotatable bonds is 3. The normalized spacial score (nSPS) is 11.1. The maximum atomic E-state index is 12.4. The minimum absolute atomic E-state index is 0.0754. The molecular formula is C15H15BrN2O. The van der Waals surface area contributed by atoms with Crippen LogP contribution in [-0.2, 0) is 10.2 Å². The summed E-state index contributed by atoms with van der Waals surface area (Å²) in [7, 11) is 0. The molecule has 0 saturated carbocycles. The van der Waals surface area contributed by atoms with Crippen LogP contribution in [0.2, 0.25) is 0 Å². The van der Waals surface area contributed by atoms with Gasteiger partial charge in [0.1, 0.15) is 5.82 Å². The molecular weight excluding hydrogens is 304 g/mol. The summed E-state index contributed by atoms with van der Waals surface area (Å²) in [5, 5.41) is 2.84. The lowest BCUT2D eigenvalue weighted by Gasteiger charge is -2.23. The first-order valence-corrected chi connectivity index (χ1v) is 6.78. The summed E-state index contributed by atoms with van der Waals surface area (Å²) >= 11 is 3.31. The summed E-state index contributed by atoms with van der Waals surface area (Å²) in [5.74, 6) is 0.478. The summed E-state index contributed by atoms with van der Waals surface area (Å²) in [5.41, 5.74) is 0.375. The van der Waals surface area contributed by atoms with Crippen LogP contribution in [0.4, 0.5) is 5.82 Å². The summed E-state index contributed by atoms with van der Waals surface area (Å²) < 4.78 is 0.882. The summed E-state index contributed by atoms with van der Waals surface area (Å²) in [4.78, 5) is 16.5. The fourth-order valence-corrected chi connectivity index (χ4v) is 1.94. The van der Waals surface area contributed by atoms with Crippen LogP contribution in [0, 0.1) is 0 Å². The fourth-order valence-electron chi connectivity index (χ4n) is 1.71. The lowest BCUT2D eigenvalue weighted by atomic mass is 9.84. The van der Waals surface area contributed by atoms with Crippen LogP contribution in [0.3, 0.4) is 0 Å². The number of anilines is 1.